The fourth-order valence-electron chi connectivity index (χ4n) is 2.69. The van der Waals surface area contributed by atoms with Gasteiger partial charge in [0.2, 0.25) is 0 Å². The molecule has 0 saturated heterocycles. The molecule has 2 aromatic heterocycles. The molecule has 0 amide bonds. The Labute approximate surface area is 181 Å². The van der Waals surface area contributed by atoms with Crippen molar-refractivity contribution in [2.24, 2.45) is 4.99 Å². The van der Waals surface area contributed by atoms with Crippen LogP contribution in [0.1, 0.15) is 12.7 Å². The number of methoxy groups -OCH3 is 1. The lowest BCUT2D eigenvalue weighted by molar-refractivity contribution is 0.311. The molecule has 0 aliphatic rings. The van der Waals surface area contributed by atoms with Gasteiger partial charge in [-0.25, -0.2) is 0 Å². The monoisotopic (exact) mass is 496 g/mol. The number of aromatic nitrogens is 3. The third-order valence-electron chi connectivity index (χ3n) is 3.98. The van der Waals surface area contributed by atoms with E-state index in [1.165, 1.54) is 0 Å². The van der Waals surface area contributed by atoms with Crippen molar-refractivity contribution < 1.29 is 9.47 Å². The lowest BCUT2D eigenvalue weighted by Gasteiger charge is -2.14. The largest absolute Gasteiger partial charge is 0.493 e. The van der Waals surface area contributed by atoms with Crippen molar-refractivity contribution in [2.75, 3.05) is 32.6 Å². The second-order valence-electron chi connectivity index (χ2n) is 5.72. The summed E-state index contributed by atoms with van der Waals surface area (Å²) in [5.74, 6) is 2.95. The zero-order valence-corrected chi connectivity index (χ0v) is 18.5. The maximum absolute atomic E-state index is 5.61. The number of guanidine groups is 1. The smallest absolute Gasteiger partial charge is 0.195 e. The lowest BCUT2D eigenvalue weighted by atomic mass is 10.2. The number of nitrogens with one attached hydrogen (secondary N) is 2. The normalized spacial score (nSPS) is 11.0. The molecule has 0 fully saturated rings. The molecule has 0 unspecified atom stereocenters. The van der Waals surface area contributed by atoms with E-state index >= 15 is 0 Å². The molecule has 0 atom stereocenters. The molecule has 1 aromatic carbocycles. The minimum atomic E-state index is 0. The van der Waals surface area contributed by atoms with Crippen LogP contribution >= 0.6 is 24.0 Å². The number of ether oxygens (including phenoxy) is 2. The standard InChI is InChI=1S/C19H24N6O2.HI/c1-4-27-16-13-14(8-9-15(16)26-3)22-19(20-2)21-11-10-18-24-23-17-7-5-6-12-25(17)18;/h5-9,12-13H,4,10-11H2,1-3H3,(H2,20,21,22);1H. The van der Waals surface area contributed by atoms with E-state index in [-0.39, 0.29) is 24.0 Å². The fourth-order valence-corrected chi connectivity index (χ4v) is 2.69. The number of nitrogens with zero attached hydrogens (tertiary/aromatic N) is 4. The Morgan fingerprint density at radius 3 is 2.79 bits per heavy atom. The molecule has 3 rings (SSSR count). The second-order valence-corrected chi connectivity index (χ2v) is 5.72. The quantitative estimate of drug-likeness (QED) is 0.297. The molecule has 28 heavy (non-hydrogen) atoms. The summed E-state index contributed by atoms with van der Waals surface area (Å²) in [6, 6.07) is 11.5. The van der Waals surface area contributed by atoms with E-state index in [9.17, 15) is 0 Å². The number of aliphatic imine (C=N–C) groups is 1. The molecule has 0 spiro atoms. The van der Waals surface area contributed by atoms with Gasteiger partial charge in [-0.3, -0.25) is 9.39 Å². The van der Waals surface area contributed by atoms with Crippen LogP contribution in [0.25, 0.3) is 5.65 Å². The summed E-state index contributed by atoms with van der Waals surface area (Å²) in [5, 5.41) is 14.9. The van der Waals surface area contributed by atoms with Crippen LogP contribution in [0.5, 0.6) is 11.5 Å². The number of hydrogen-bond donors (Lipinski definition) is 2. The molecule has 150 valence electrons. The SMILES string of the molecule is CCOc1cc(NC(=NC)NCCc2nnc3ccccn23)ccc1OC.I. The van der Waals surface area contributed by atoms with Gasteiger partial charge in [0.15, 0.2) is 23.1 Å². The minimum Gasteiger partial charge on any atom is -0.493 e. The Morgan fingerprint density at radius 1 is 1.18 bits per heavy atom. The highest BCUT2D eigenvalue weighted by molar-refractivity contribution is 14.0. The molecular weight excluding hydrogens is 471 g/mol. The van der Waals surface area contributed by atoms with E-state index in [2.05, 4.69) is 25.8 Å². The first kappa shape index (κ1) is 21.7. The average Bonchev–Trinajstić information content (AvgIpc) is 3.11. The van der Waals surface area contributed by atoms with Gasteiger partial charge in [0.05, 0.1) is 13.7 Å². The van der Waals surface area contributed by atoms with Crippen LogP contribution in [-0.4, -0.2) is 47.9 Å². The predicted molar refractivity (Wildman–Crippen MR) is 121 cm³/mol. The summed E-state index contributed by atoms with van der Waals surface area (Å²) in [4.78, 5) is 4.26. The van der Waals surface area contributed by atoms with Gasteiger partial charge in [0, 0.05) is 38.0 Å². The van der Waals surface area contributed by atoms with Crippen molar-refractivity contribution in [3.63, 3.8) is 0 Å². The maximum Gasteiger partial charge on any atom is 0.195 e. The number of fused-ring (bicyclic) bond motifs is 1. The molecule has 0 saturated carbocycles. The van der Waals surface area contributed by atoms with Crippen molar-refractivity contribution in [3.05, 3.63) is 48.4 Å². The molecule has 0 radical (unpaired) electrons. The van der Waals surface area contributed by atoms with E-state index in [4.69, 9.17) is 9.47 Å². The van der Waals surface area contributed by atoms with E-state index in [1.54, 1.807) is 14.2 Å². The molecule has 2 heterocycles. The number of hydrogen-bond acceptors (Lipinski definition) is 5. The minimum absolute atomic E-state index is 0. The Hall–Kier alpha value is -2.56. The lowest BCUT2D eigenvalue weighted by Crippen LogP contribution is -2.32. The Balaban J connectivity index is 0.00000280. The first-order valence-electron chi connectivity index (χ1n) is 8.82. The van der Waals surface area contributed by atoms with Gasteiger partial charge < -0.3 is 20.1 Å². The number of halogens is 1. The third-order valence-corrected chi connectivity index (χ3v) is 3.98. The van der Waals surface area contributed by atoms with Crippen LogP contribution in [0, 0.1) is 0 Å². The Bertz CT molecular complexity index is 928. The number of anilines is 1. The van der Waals surface area contributed by atoms with Crippen molar-refractivity contribution >= 4 is 41.3 Å². The summed E-state index contributed by atoms with van der Waals surface area (Å²) >= 11 is 0. The average molecular weight is 496 g/mol. The zero-order chi connectivity index (χ0) is 19.1. The molecule has 0 aliphatic heterocycles. The molecule has 0 bridgehead atoms. The number of rotatable bonds is 7. The topological polar surface area (TPSA) is 85.1 Å². The number of benzene rings is 1. The van der Waals surface area contributed by atoms with Crippen LogP contribution in [0.15, 0.2) is 47.6 Å². The van der Waals surface area contributed by atoms with Crippen molar-refractivity contribution in [2.45, 2.75) is 13.3 Å². The molecule has 2 N–H and O–H groups in total. The molecule has 9 heteroatoms. The first-order chi connectivity index (χ1) is 13.2. The van der Waals surface area contributed by atoms with Gasteiger partial charge in [-0.05, 0) is 31.2 Å². The van der Waals surface area contributed by atoms with Crippen LogP contribution < -0.4 is 20.1 Å². The number of pyridine rings is 1. The van der Waals surface area contributed by atoms with E-state index in [0.717, 1.165) is 23.6 Å². The third kappa shape index (κ3) is 5.24. The summed E-state index contributed by atoms with van der Waals surface area (Å²) < 4.78 is 12.9. The van der Waals surface area contributed by atoms with Gasteiger partial charge in [0.1, 0.15) is 5.82 Å². The van der Waals surface area contributed by atoms with Gasteiger partial charge in [0.25, 0.3) is 0 Å². The van der Waals surface area contributed by atoms with Crippen molar-refractivity contribution in [1.82, 2.24) is 19.9 Å². The highest BCUT2D eigenvalue weighted by Crippen LogP contribution is 2.30. The van der Waals surface area contributed by atoms with Crippen LogP contribution in [-0.2, 0) is 6.42 Å². The van der Waals surface area contributed by atoms with E-state index in [1.807, 2.05) is 53.9 Å². The summed E-state index contributed by atoms with van der Waals surface area (Å²) in [6.45, 7) is 3.18. The Kier molecular flexibility index (Phi) is 8.30. The molecule has 0 aliphatic carbocycles. The highest BCUT2D eigenvalue weighted by Gasteiger charge is 2.08. The first-order valence-corrected chi connectivity index (χ1v) is 8.82. The maximum atomic E-state index is 5.61. The van der Waals surface area contributed by atoms with E-state index < -0.39 is 0 Å². The Morgan fingerprint density at radius 2 is 2.04 bits per heavy atom. The van der Waals surface area contributed by atoms with Gasteiger partial charge in [-0.15, -0.1) is 34.2 Å². The molecular formula is C19H25IN6O2. The molecule has 8 nitrogen and oxygen atoms in total. The molecule has 3 aromatic rings. The summed E-state index contributed by atoms with van der Waals surface area (Å²) in [5.41, 5.74) is 1.71. The van der Waals surface area contributed by atoms with Gasteiger partial charge >= 0.3 is 0 Å². The van der Waals surface area contributed by atoms with Crippen LogP contribution in [0.4, 0.5) is 5.69 Å². The van der Waals surface area contributed by atoms with Gasteiger partial charge in [-0.1, -0.05) is 6.07 Å². The van der Waals surface area contributed by atoms with Crippen molar-refractivity contribution in [1.29, 1.82) is 0 Å². The van der Waals surface area contributed by atoms with Crippen molar-refractivity contribution in [3.8, 4) is 11.5 Å². The zero-order valence-electron chi connectivity index (χ0n) is 16.2. The highest BCUT2D eigenvalue weighted by atomic mass is 127. The van der Waals surface area contributed by atoms with Crippen LogP contribution in [0.2, 0.25) is 0 Å². The fraction of sp³-hybridized carbons (Fsp3) is 0.316. The van der Waals surface area contributed by atoms with E-state index in [0.29, 0.717) is 30.6 Å². The van der Waals surface area contributed by atoms with Gasteiger partial charge in [-0.2, -0.15) is 0 Å². The summed E-state index contributed by atoms with van der Waals surface area (Å²) in [6.07, 6.45) is 2.68. The second kappa shape index (κ2) is 10.7. The summed E-state index contributed by atoms with van der Waals surface area (Å²) in [7, 11) is 3.36. The van der Waals surface area contributed by atoms with Crippen LogP contribution in [0.3, 0.4) is 0 Å². The predicted octanol–water partition coefficient (Wildman–Crippen LogP) is 2.98.